The third-order valence-corrected chi connectivity index (χ3v) is 2.51. The largest absolute Gasteiger partial charge is 0.462 e. The van der Waals surface area contributed by atoms with E-state index in [9.17, 15) is 9.90 Å². The molecule has 1 atom stereocenters. The zero-order valence-corrected chi connectivity index (χ0v) is 9.75. The van der Waals surface area contributed by atoms with Gasteiger partial charge in [-0.2, -0.15) is 0 Å². The molecule has 0 amide bonds. The Morgan fingerprint density at radius 3 is 3.12 bits per heavy atom. The molecule has 5 heteroatoms. The molecule has 0 radical (unpaired) electrons. The molecule has 17 heavy (non-hydrogen) atoms. The van der Waals surface area contributed by atoms with Gasteiger partial charge in [-0.1, -0.05) is 0 Å². The summed E-state index contributed by atoms with van der Waals surface area (Å²) in [6, 6.07) is 0. The summed E-state index contributed by atoms with van der Waals surface area (Å²) in [4.78, 5) is 17.2. The van der Waals surface area contributed by atoms with Crippen molar-refractivity contribution >= 4 is 11.8 Å². The summed E-state index contributed by atoms with van der Waals surface area (Å²) in [5.74, 6) is 0.0769. The van der Waals surface area contributed by atoms with E-state index in [0.29, 0.717) is 5.84 Å². The van der Waals surface area contributed by atoms with Crippen molar-refractivity contribution in [3.63, 3.8) is 0 Å². The van der Waals surface area contributed by atoms with Crippen molar-refractivity contribution in [3.05, 3.63) is 35.7 Å². The summed E-state index contributed by atoms with van der Waals surface area (Å²) in [5.41, 5.74) is 1.19. The van der Waals surface area contributed by atoms with Crippen LogP contribution in [0.1, 0.15) is 13.8 Å². The van der Waals surface area contributed by atoms with Crippen molar-refractivity contribution in [1.29, 1.82) is 0 Å². The molecule has 0 aromatic carbocycles. The van der Waals surface area contributed by atoms with E-state index >= 15 is 0 Å². The minimum atomic E-state index is -1.04. The molecule has 0 unspecified atom stereocenters. The van der Waals surface area contributed by atoms with E-state index in [-0.39, 0.29) is 12.2 Å². The number of amidine groups is 1. The number of esters is 1. The Morgan fingerprint density at radius 2 is 2.41 bits per heavy atom. The Morgan fingerprint density at radius 1 is 1.65 bits per heavy atom. The monoisotopic (exact) mass is 234 g/mol. The quantitative estimate of drug-likeness (QED) is 0.722. The van der Waals surface area contributed by atoms with Crippen LogP contribution in [-0.4, -0.2) is 34.6 Å². The number of ether oxygens (including phenoxy) is 1. The molecule has 0 bridgehead atoms. The number of fused-ring (bicyclic) bond motifs is 1. The normalized spacial score (nSPS) is 22.4. The summed E-state index contributed by atoms with van der Waals surface area (Å²) >= 11 is 0. The molecule has 90 valence electrons. The fraction of sp³-hybridized carbons (Fsp3) is 0.333. The highest BCUT2D eigenvalue weighted by Gasteiger charge is 2.30. The molecular weight excluding hydrogens is 220 g/mol. The molecule has 0 saturated carbocycles. The maximum absolute atomic E-state index is 11.6. The predicted molar refractivity (Wildman–Crippen MR) is 62.9 cm³/mol. The lowest BCUT2D eigenvalue weighted by molar-refractivity contribution is -0.140. The molecular formula is C12H14N2O3. The zero-order chi connectivity index (χ0) is 12.4. The number of aliphatic imine (C=N–C) groups is 1. The lowest BCUT2D eigenvalue weighted by Gasteiger charge is -2.31. The number of nitrogens with zero attached hydrogens (tertiary/aromatic N) is 2. The smallest absolute Gasteiger partial charge is 0.340 e. The third-order valence-electron chi connectivity index (χ3n) is 2.51. The van der Waals surface area contributed by atoms with Crippen molar-refractivity contribution < 1.29 is 14.6 Å². The Kier molecular flexibility index (Phi) is 3.10. The average molecular weight is 234 g/mol. The molecule has 2 aliphatic rings. The van der Waals surface area contributed by atoms with Crippen molar-refractivity contribution in [1.82, 2.24) is 4.90 Å². The highest BCUT2D eigenvalue weighted by atomic mass is 16.5. The van der Waals surface area contributed by atoms with E-state index in [4.69, 9.17) is 4.74 Å². The van der Waals surface area contributed by atoms with Crippen LogP contribution in [0.15, 0.2) is 40.7 Å². The number of aliphatic hydroxyl groups excluding tert-OH is 1. The summed E-state index contributed by atoms with van der Waals surface area (Å²) in [7, 11) is 0. The molecule has 2 rings (SSSR count). The first kappa shape index (κ1) is 11.6. The minimum absolute atomic E-state index is 0.146. The third kappa shape index (κ3) is 2.14. The van der Waals surface area contributed by atoms with Crippen LogP contribution in [0.2, 0.25) is 0 Å². The second kappa shape index (κ2) is 4.55. The van der Waals surface area contributed by atoms with Crippen LogP contribution in [0, 0.1) is 0 Å². The number of carbonyl (C=O) groups excluding carboxylic acids is 1. The van der Waals surface area contributed by atoms with Crippen molar-refractivity contribution in [3.8, 4) is 0 Å². The fourth-order valence-electron chi connectivity index (χ4n) is 1.64. The van der Waals surface area contributed by atoms with Crippen molar-refractivity contribution in [2.24, 2.45) is 4.99 Å². The fourth-order valence-corrected chi connectivity index (χ4v) is 1.64. The average Bonchev–Trinajstić information content (AvgIpc) is 2.29. The van der Waals surface area contributed by atoms with Gasteiger partial charge in [0, 0.05) is 12.4 Å². The first-order valence-electron chi connectivity index (χ1n) is 5.41. The zero-order valence-electron chi connectivity index (χ0n) is 9.75. The van der Waals surface area contributed by atoms with Crippen LogP contribution in [-0.2, 0) is 9.53 Å². The van der Waals surface area contributed by atoms with Gasteiger partial charge >= 0.3 is 5.97 Å². The number of rotatable bonds is 2. The number of hydrogen-bond donors (Lipinski definition) is 1. The van der Waals surface area contributed by atoms with Crippen LogP contribution < -0.4 is 0 Å². The Balaban J connectivity index is 2.28. The summed E-state index contributed by atoms with van der Waals surface area (Å²) in [5, 5.41) is 10.0. The minimum Gasteiger partial charge on any atom is -0.462 e. The summed E-state index contributed by atoms with van der Waals surface area (Å²) in [6.45, 7) is 3.93. The first-order valence-corrected chi connectivity index (χ1v) is 5.41. The SMILES string of the molecule is CCOC(=O)C1=CN=C2C=C(C)C=CN2[C@H]1O. The molecule has 1 N–H and O–H groups in total. The van der Waals surface area contributed by atoms with E-state index in [1.165, 1.54) is 11.1 Å². The second-order valence-corrected chi connectivity index (χ2v) is 3.78. The van der Waals surface area contributed by atoms with Crippen molar-refractivity contribution in [2.45, 2.75) is 20.1 Å². The van der Waals surface area contributed by atoms with Gasteiger partial charge in [-0.15, -0.1) is 0 Å². The number of hydrogen-bond acceptors (Lipinski definition) is 5. The van der Waals surface area contributed by atoms with E-state index in [1.54, 1.807) is 13.1 Å². The lowest BCUT2D eigenvalue weighted by atomic mass is 10.1. The molecule has 2 heterocycles. The van der Waals surface area contributed by atoms with Crippen molar-refractivity contribution in [2.75, 3.05) is 6.61 Å². The van der Waals surface area contributed by atoms with Crippen LogP contribution in [0.25, 0.3) is 0 Å². The highest BCUT2D eigenvalue weighted by Crippen LogP contribution is 2.21. The number of carbonyl (C=O) groups is 1. The molecule has 0 aromatic rings. The van der Waals surface area contributed by atoms with Gasteiger partial charge in [0.05, 0.1) is 6.61 Å². The van der Waals surface area contributed by atoms with Crippen LogP contribution >= 0.6 is 0 Å². The summed E-state index contributed by atoms with van der Waals surface area (Å²) in [6.07, 6.45) is 5.70. The number of aliphatic hydroxyl groups is 1. The van der Waals surface area contributed by atoms with Crippen LogP contribution in [0.3, 0.4) is 0 Å². The van der Waals surface area contributed by atoms with Gasteiger partial charge in [0.2, 0.25) is 0 Å². The van der Waals surface area contributed by atoms with E-state index in [2.05, 4.69) is 4.99 Å². The van der Waals surface area contributed by atoms with E-state index in [0.717, 1.165) is 5.57 Å². The molecule has 0 saturated heterocycles. The van der Waals surface area contributed by atoms with Gasteiger partial charge in [-0.25, -0.2) is 9.79 Å². The van der Waals surface area contributed by atoms with Crippen LogP contribution in [0.4, 0.5) is 0 Å². The Hall–Kier alpha value is -1.88. The topological polar surface area (TPSA) is 62.1 Å². The van der Waals surface area contributed by atoms with Gasteiger partial charge in [-0.3, -0.25) is 0 Å². The summed E-state index contributed by atoms with van der Waals surface area (Å²) < 4.78 is 4.85. The van der Waals surface area contributed by atoms with Gasteiger partial charge < -0.3 is 14.7 Å². The standard InChI is InChI=1S/C12H14N2O3/c1-3-17-12(16)9-7-13-10-6-8(2)4-5-14(10)11(9)15/h4-7,11,15H,3H2,1-2H3/t11-/m0/s1. The molecule has 0 spiro atoms. The van der Waals surface area contributed by atoms with Crippen LogP contribution in [0.5, 0.6) is 0 Å². The predicted octanol–water partition coefficient (Wildman–Crippen LogP) is 0.940. The first-order chi connectivity index (χ1) is 8.13. The Labute approximate surface area is 99.4 Å². The van der Waals surface area contributed by atoms with E-state index < -0.39 is 12.2 Å². The Bertz CT molecular complexity index is 460. The molecule has 0 fully saturated rings. The maximum Gasteiger partial charge on any atom is 0.340 e. The number of allylic oxidation sites excluding steroid dienone is 2. The molecule has 0 aromatic heterocycles. The molecule has 2 aliphatic heterocycles. The van der Waals surface area contributed by atoms with Gasteiger partial charge in [0.1, 0.15) is 11.4 Å². The van der Waals surface area contributed by atoms with Gasteiger partial charge in [0.25, 0.3) is 0 Å². The lowest BCUT2D eigenvalue weighted by Crippen LogP contribution is -2.42. The molecule has 5 nitrogen and oxygen atoms in total. The van der Waals surface area contributed by atoms with E-state index in [1.807, 2.05) is 19.1 Å². The van der Waals surface area contributed by atoms with Gasteiger partial charge in [0.15, 0.2) is 6.23 Å². The van der Waals surface area contributed by atoms with Gasteiger partial charge in [-0.05, 0) is 31.6 Å². The second-order valence-electron chi connectivity index (χ2n) is 3.78. The highest BCUT2D eigenvalue weighted by molar-refractivity contribution is 6.00. The molecule has 0 aliphatic carbocycles. The maximum atomic E-state index is 11.6.